The van der Waals surface area contributed by atoms with Crippen LogP contribution in [0.5, 0.6) is 0 Å². The summed E-state index contributed by atoms with van der Waals surface area (Å²) in [6.45, 7) is 7.22. The Balaban J connectivity index is 1.84. The van der Waals surface area contributed by atoms with E-state index in [4.69, 9.17) is 0 Å². The molecule has 2 saturated carbocycles. The van der Waals surface area contributed by atoms with Gasteiger partial charge in [-0.25, -0.2) is 0 Å². The van der Waals surface area contributed by atoms with Crippen molar-refractivity contribution in [3.8, 4) is 0 Å². The van der Waals surface area contributed by atoms with Crippen LogP contribution in [0.25, 0.3) is 0 Å². The summed E-state index contributed by atoms with van der Waals surface area (Å²) < 4.78 is 0. The highest BCUT2D eigenvalue weighted by atomic mass is 14.4. The van der Waals surface area contributed by atoms with E-state index in [0.717, 1.165) is 29.6 Å². The van der Waals surface area contributed by atoms with Gasteiger partial charge >= 0.3 is 0 Å². The van der Waals surface area contributed by atoms with E-state index in [-0.39, 0.29) is 0 Å². The van der Waals surface area contributed by atoms with Crippen molar-refractivity contribution in [1.29, 1.82) is 0 Å². The maximum Gasteiger partial charge on any atom is -0.0383 e. The smallest absolute Gasteiger partial charge is 0.0383 e. The Labute approximate surface area is 95.8 Å². The van der Waals surface area contributed by atoms with Crippen LogP contribution >= 0.6 is 0 Å². The lowest BCUT2D eigenvalue weighted by Gasteiger charge is -2.42. The Morgan fingerprint density at radius 2 is 1.60 bits per heavy atom. The highest BCUT2D eigenvalue weighted by Gasteiger charge is 2.34. The van der Waals surface area contributed by atoms with Gasteiger partial charge in [0.05, 0.1) is 0 Å². The van der Waals surface area contributed by atoms with Gasteiger partial charge in [0, 0.05) is 0 Å². The van der Waals surface area contributed by atoms with Gasteiger partial charge in [0.2, 0.25) is 0 Å². The van der Waals surface area contributed by atoms with E-state index in [1.54, 1.807) is 25.7 Å². The molecule has 2 rings (SSSR count). The van der Waals surface area contributed by atoms with E-state index in [0.29, 0.717) is 0 Å². The summed E-state index contributed by atoms with van der Waals surface area (Å²) in [5.74, 6) is 5.22. The Hall–Kier alpha value is 0. The summed E-state index contributed by atoms with van der Waals surface area (Å²) in [5.41, 5.74) is 0. The van der Waals surface area contributed by atoms with E-state index >= 15 is 0 Å². The molecule has 0 bridgehead atoms. The zero-order valence-electron chi connectivity index (χ0n) is 10.8. The van der Waals surface area contributed by atoms with E-state index < -0.39 is 0 Å². The average molecular weight is 208 g/mol. The quantitative estimate of drug-likeness (QED) is 0.606. The predicted molar refractivity (Wildman–Crippen MR) is 66.8 cm³/mol. The maximum atomic E-state index is 2.45. The molecule has 0 amide bonds. The Morgan fingerprint density at radius 3 is 2.33 bits per heavy atom. The molecule has 4 atom stereocenters. The van der Waals surface area contributed by atoms with Gasteiger partial charge < -0.3 is 0 Å². The molecule has 0 aromatic heterocycles. The summed E-state index contributed by atoms with van der Waals surface area (Å²) >= 11 is 0. The molecule has 0 aliphatic heterocycles. The molecule has 0 spiro atoms. The average Bonchev–Trinajstić information content (AvgIpc) is 2.17. The minimum Gasteiger partial charge on any atom is -0.0628 e. The third-order valence-electron chi connectivity index (χ3n) is 4.79. The van der Waals surface area contributed by atoms with Crippen molar-refractivity contribution >= 4 is 0 Å². The molecule has 0 heterocycles. The lowest BCUT2D eigenvalue weighted by Crippen LogP contribution is -2.30. The summed E-state index contributed by atoms with van der Waals surface area (Å²) in [5, 5.41) is 0. The molecule has 0 heteroatoms. The number of hydrogen-bond donors (Lipinski definition) is 0. The van der Waals surface area contributed by atoms with Crippen molar-refractivity contribution in [2.24, 2.45) is 29.6 Å². The Bertz CT molecular complexity index is 194. The van der Waals surface area contributed by atoms with Crippen LogP contribution < -0.4 is 0 Å². The molecule has 15 heavy (non-hydrogen) atoms. The normalized spacial score (nSPS) is 41.6. The van der Waals surface area contributed by atoms with Gasteiger partial charge in [-0.2, -0.15) is 0 Å². The molecule has 2 aliphatic carbocycles. The van der Waals surface area contributed by atoms with E-state index in [1.165, 1.54) is 19.3 Å². The Kier molecular flexibility index (Phi) is 3.74. The molecular formula is C15H28. The van der Waals surface area contributed by atoms with E-state index in [9.17, 15) is 0 Å². The second kappa shape index (κ2) is 4.89. The van der Waals surface area contributed by atoms with Crippen molar-refractivity contribution in [2.45, 2.75) is 65.7 Å². The van der Waals surface area contributed by atoms with Crippen molar-refractivity contribution in [2.75, 3.05) is 0 Å². The minimum absolute atomic E-state index is 0.911. The van der Waals surface area contributed by atoms with Crippen LogP contribution in [-0.4, -0.2) is 0 Å². The van der Waals surface area contributed by atoms with Crippen LogP contribution in [0, 0.1) is 29.6 Å². The van der Waals surface area contributed by atoms with Gasteiger partial charge in [0.15, 0.2) is 0 Å². The topological polar surface area (TPSA) is 0 Å². The fourth-order valence-electron chi connectivity index (χ4n) is 4.10. The van der Waals surface area contributed by atoms with Crippen LogP contribution in [0.4, 0.5) is 0 Å². The first-order chi connectivity index (χ1) is 7.15. The highest BCUT2D eigenvalue weighted by molar-refractivity contribution is 4.85. The monoisotopic (exact) mass is 208 g/mol. The maximum absolute atomic E-state index is 2.45. The molecule has 88 valence electrons. The number of hydrogen-bond acceptors (Lipinski definition) is 0. The zero-order chi connectivity index (χ0) is 10.8. The number of rotatable bonds is 2. The molecule has 0 aromatic carbocycles. The molecule has 2 fully saturated rings. The van der Waals surface area contributed by atoms with Crippen molar-refractivity contribution < 1.29 is 0 Å². The summed E-state index contributed by atoms with van der Waals surface area (Å²) in [7, 11) is 0. The van der Waals surface area contributed by atoms with Gasteiger partial charge in [-0.3, -0.25) is 0 Å². The van der Waals surface area contributed by atoms with Crippen LogP contribution in [0.1, 0.15) is 65.7 Å². The van der Waals surface area contributed by atoms with Crippen LogP contribution in [0.2, 0.25) is 0 Å². The van der Waals surface area contributed by atoms with Gasteiger partial charge in [0.1, 0.15) is 0 Å². The summed E-state index contributed by atoms with van der Waals surface area (Å²) in [6.07, 6.45) is 10.7. The zero-order valence-corrected chi connectivity index (χ0v) is 10.8. The van der Waals surface area contributed by atoms with Crippen molar-refractivity contribution in [1.82, 2.24) is 0 Å². The first kappa shape index (κ1) is 11.5. The fourth-order valence-corrected chi connectivity index (χ4v) is 4.10. The molecule has 0 saturated heterocycles. The van der Waals surface area contributed by atoms with Gasteiger partial charge in [-0.05, 0) is 61.7 Å². The summed E-state index contributed by atoms with van der Waals surface area (Å²) in [4.78, 5) is 0. The van der Waals surface area contributed by atoms with E-state index in [1.807, 2.05) is 0 Å². The third kappa shape index (κ3) is 2.98. The second-order valence-corrected chi connectivity index (χ2v) is 6.75. The van der Waals surface area contributed by atoms with Crippen LogP contribution in [0.15, 0.2) is 0 Å². The SMILES string of the molecule is CC(C)CC1CCC2CC(C)CCC2C1. The second-order valence-electron chi connectivity index (χ2n) is 6.75. The lowest BCUT2D eigenvalue weighted by atomic mass is 9.64. The minimum atomic E-state index is 0.911. The highest BCUT2D eigenvalue weighted by Crippen LogP contribution is 2.45. The predicted octanol–water partition coefficient (Wildman–Crippen LogP) is 4.89. The third-order valence-corrected chi connectivity index (χ3v) is 4.79. The molecule has 0 aromatic rings. The van der Waals surface area contributed by atoms with E-state index in [2.05, 4.69) is 20.8 Å². The van der Waals surface area contributed by atoms with Gasteiger partial charge in [-0.15, -0.1) is 0 Å². The first-order valence-electron chi connectivity index (χ1n) is 7.15. The standard InChI is InChI=1S/C15H28/c1-11(2)8-13-5-7-14-9-12(3)4-6-15(14)10-13/h11-15H,4-10H2,1-3H3. The largest absolute Gasteiger partial charge is 0.0628 e. The number of fused-ring (bicyclic) bond motifs is 1. The Morgan fingerprint density at radius 1 is 0.933 bits per heavy atom. The lowest BCUT2D eigenvalue weighted by molar-refractivity contribution is 0.0957. The molecule has 0 N–H and O–H groups in total. The molecule has 2 aliphatic rings. The first-order valence-corrected chi connectivity index (χ1v) is 7.15. The van der Waals surface area contributed by atoms with Gasteiger partial charge in [0.25, 0.3) is 0 Å². The van der Waals surface area contributed by atoms with Crippen LogP contribution in [-0.2, 0) is 0 Å². The summed E-state index contributed by atoms with van der Waals surface area (Å²) in [6, 6.07) is 0. The van der Waals surface area contributed by atoms with Crippen molar-refractivity contribution in [3.05, 3.63) is 0 Å². The molecule has 4 unspecified atom stereocenters. The molecule has 0 radical (unpaired) electrons. The van der Waals surface area contributed by atoms with Gasteiger partial charge in [-0.1, -0.05) is 33.6 Å². The van der Waals surface area contributed by atoms with Crippen molar-refractivity contribution in [3.63, 3.8) is 0 Å². The fraction of sp³-hybridized carbons (Fsp3) is 1.00. The van der Waals surface area contributed by atoms with Crippen LogP contribution in [0.3, 0.4) is 0 Å². The molecular weight excluding hydrogens is 180 g/mol. The molecule has 0 nitrogen and oxygen atoms in total.